The van der Waals surface area contributed by atoms with Crippen LogP contribution in [-0.4, -0.2) is 24.5 Å². The van der Waals surface area contributed by atoms with Gasteiger partial charge in [0, 0.05) is 31.0 Å². The number of carbonyl (C=O) groups excluding carboxylic acids is 1. The Bertz CT molecular complexity index is 598. The largest absolute Gasteiger partial charge is 0.352 e. The SMILES string of the molecule is CCCCCNC(=O)c1ccnc(N(C)c2ccccc2)c1. The number of unbranched alkanes of at least 4 members (excludes halogenated alkanes) is 2. The van der Waals surface area contributed by atoms with Crippen LogP contribution in [0.4, 0.5) is 11.5 Å². The molecule has 0 atom stereocenters. The van der Waals surface area contributed by atoms with Crippen LogP contribution in [0.3, 0.4) is 0 Å². The molecule has 0 spiro atoms. The van der Waals surface area contributed by atoms with Crippen LogP contribution in [0.25, 0.3) is 0 Å². The number of rotatable bonds is 7. The highest BCUT2D eigenvalue weighted by Gasteiger charge is 2.09. The van der Waals surface area contributed by atoms with Crippen LogP contribution in [0.5, 0.6) is 0 Å². The summed E-state index contributed by atoms with van der Waals surface area (Å²) in [6.07, 6.45) is 4.98. The zero-order valence-corrected chi connectivity index (χ0v) is 13.2. The summed E-state index contributed by atoms with van der Waals surface area (Å²) in [5, 5.41) is 2.95. The lowest BCUT2D eigenvalue weighted by atomic mass is 10.2. The van der Waals surface area contributed by atoms with Gasteiger partial charge in [0.15, 0.2) is 0 Å². The van der Waals surface area contributed by atoms with E-state index in [0.29, 0.717) is 5.56 Å². The van der Waals surface area contributed by atoms with Gasteiger partial charge in [0.2, 0.25) is 0 Å². The van der Waals surface area contributed by atoms with Crippen LogP contribution >= 0.6 is 0 Å². The van der Waals surface area contributed by atoms with Crippen molar-refractivity contribution in [3.05, 3.63) is 54.2 Å². The topological polar surface area (TPSA) is 45.2 Å². The molecule has 1 N–H and O–H groups in total. The Kier molecular flexibility index (Phi) is 5.95. The molecule has 22 heavy (non-hydrogen) atoms. The van der Waals surface area contributed by atoms with Gasteiger partial charge in [-0.3, -0.25) is 4.79 Å². The Balaban J connectivity index is 2.05. The Morgan fingerprint density at radius 2 is 1.95 bits per heavy atom. The van der Waals surface area contributed by atoms with Crippen molar-refractivity contribution in [2.24, 2.45) is 0 Å². The van der Waals surface area contributed by atoms with E-state index >= 15 is 0 Å². The number of hydrogen-bond acceptors (Lipinski definition) is 3. The summed E-state index contributed by atoms with van der Waals surface area (Å²) in [6, 6.07) is 13.5. The van der Waals surface area contributed by atoms with E-state index in [1.807, 2.05) is 48.3 Å². The summed E-state index contributed by atoms with van der Waals surface area (Å²) >= 11 is 0. The maximum Gasteiger partial charge on any atom is 0.251 e. The van der Waals surface area contributed by atoms with Crippen molar-refractivity contribution in [1.29, 1.82) is 0 Å². The van der Waals surface area contributed by atoms with Gasteiger partial charge in [0.25, 0.3) is 5.91 Å². The average Bonchev–Trinajstić information content (AvgIpc) is 2.59. The first-order valence-electron chi connectivity index (χ1n) is 7.75. The predicted molar refractivity (Wildman–Crippen MR) is 90.6 cm³/mol. The molecule has 0 saturated carbocycles. The number of anilines is 2. The molecule has 1 heterocycles. The molecule has 0 radical (unpaired) electrons. The van der Waals surface area contributed by atoms with Crippen molar-refractivity contribution in [3.8, 4) is 0 Å². The van der Waals surface area contributed by atoms with E-state index < -0.39 is 0 Å². The highest BCUT2D eigenvalue weighted by molar-refractivity contribution is 5.94. The van der Waals surface area contributed by atoms with Crippen LogP contribution in [0.1, 0.15) is 36.5 Å². The third kappa shape index (κ3) is 4.32. The second kappa shape index (κ2) is 8.17. The first kappa shape index (κ1) is 16.0. The van der Waals surface area contributed by atoms with Crippen molar-refractivity contribution in [3.63, 3.8) is 0 Å². The van der Waals surface area contributed by atoms with E-state index in [-0.39, 0.29) is 5.91 Å². The predicted octanol–water partition coefficient (Wildman–Crippen LogP) is 3.77. The molecule has 0 bridgehead atoms. The van der Waals surface area contributed by atoms with Crippen molar-refractivity contribution in [2.75, 3.05) is 18.5 Å². The van der Waals surface area contributed by atoms with Crippen molar-refractivity contribution < 1.29 is 4.79 Å². The average molecular weight is 297 g/mol. The fraction of sp³-hybridized carbons (Fsp3) is 0.333. The zero-order valence-electron chi connectivity index (χ0n) is 13.2. The molecule has 0 aliphatic carbocycles. The third-order valence-electron chi connectivity index (χ3n) is 3.56. The Hall–Kier alpha value is -2.36. The first-order valence-corrected chi connectivity index (χ1v) is 7.75. The summed E-state index contributed by atoms with van der Waals surface area (Å²) in [5.74, 6) is 0.716. The fourth-order valence-corrected chi connectivity index (χ4v) is 2.21. The van der Waals surface area contributed by atoms with Crippen LogP contribution in [-0.2, 0) is 0 Å². The maximum atomic E-state index is 12.2. The molecular weight excluding hydrogens is 274 g/mol. The zero-order chi connectivity index (χ0) is 15.8. The molecule has 4 heteroatoms. The van der Waals surface area contributed by atoms with Gasteiger partial charge in [0.1, 0.15) is 5.82 Å². The normalized spacial score (nSPS) is 10.3. The quantitative estimate of drug-likeness (QED) is 0.791. The number of hydrogen-bond donors (Lipinski definition) is 1. The van der Waals surface area contributed by atoms with E-state index in [2.05, 4.69) is 17.2 Å². The van der Waals surface area contributed by atoms with Gasteiger partial charge in [-0.2, -0.15) is 0 Å². The highest BCUT2D eigenvalue weighted by atomic mass is 16.1. The van der Waals surface area contributed by atoms with Gasteiger partial charge in [0.05, 0.1) is 0 Å². The molecule has 1 amide bonds. The molecule has 4 nitrogen and oxygen atoms in total. The van der Waals surface area contributed by atoms with E-state index in [1.165, 1.54) is 0 Å². The fourth-order valence-electron chi connectivity index (χ4n) is 2.21. The minimum Gasteiger partial charge on any atom is -0.352 e. The Morgan fingerprint density at radius 3 is 2.68 bits per heavy atom. The van der Waals surface area contributed by atoms with Gasteiger partial charge >= 0.3 is 0 Å². The molecule has 0 aliphatic heterocycles. The number of pyridine rings is 1. The van der Waals surface area contributed by atoms with Crippen LogP contribution in [0.15, 0.2) is 48.7 Å². The van der Waals surface area contributed by atoms with E-state index in [1.54, 1.807) is 12.3 Å². The number of carbonyl (C=O) groups is 1. The maximum absolute atomic E-state index is 12.2. The third-order valence-corrected chi connectivity index (χ3v) is 3.56. The van der Waals surface area contributed by atoms with Crippen molar-refractivity contribution in [2.45, 2.75) is 26.2 Å². The van der Waals surface area contributed by atoms with Crippen LogP contribution in [0, 0.1) is 0 Å². The smallest absolute Gasteiger partial charge is 0.251 e. The standard InChI is InChI=1S/C18H23N3O/c1-3-4-8-12-20-18(22)15-11-13-19-17(14-15)21(2)16-9-6-5-7-10-16/h5-7,9-11,13-14H,3-4,8,12H2,1-2H3,(H,20,22). The molecule has 2 aromatic rings. The van der Waals surface area contributed by atoms with E-state index in [9.17, 15) is 4.79 Å². The van der Waals surface area contributed by atoms with E-state index in [4.69, 9.17) is 0 Å². The number of para-hydroxylation sites is 1. The monoisotopic (exact) mass is 297 g/mol. The molecule has 2 rings (SSSR count). The first-order chi connectivity index (χ1) is 10.7. The van der Waals surface area contributed by atoms with Gasteiger partial charge in [-0.05, 0) is 30.7 Å². The lowest BCUT2D eigenvalue weighted by Crippen LogP contribution is -2.24. The summed E-state index contributed by atoms with van der Waals surface area (Å²) in [4.78, 5) is 18.5. The molecule has 0 unspecified atom stereocenters. The summed E-state index contributed by atoms with van der Waals surface area (Å²) in [5.41, 5.74) is 1.68. The second-order valence-electron chi connectivity index (χ2n) is 5.26. The van der Waals surface area contributed by atoms with Crippen molar-refractivity contribution in [1.82, 2.24) is 10.3 Å². The molecular formula is C18H23N3O. The van der Waals surface area contributed by atoms with Crippen LogP contribution in [0.2, 0.25) is 0 Å². The summed E-state index contributed by atoms with van der Waals surface area (Å²) in [7, 11) is 1.95. The molecule has 116 valence electrons. The van der Waals surface area contributed by atoms with Crippen molar-refractivity contribution >= 4 is 17.4 Å². The lowest BCUT2D eigenvalue weighted by molar-refractivity contribution is 0.0953. The molecule has 0 aliphatic rings. The summed E-state index contributed by atoms with van der Waals surface area (Å²) < 4.78 is 0. The second-order valence-corrected chi connectivity index (χ2v) is 5.26. The summed E-state index contributed by atoms with van der Waals surface area (Å²) in [6.45, 7) is 2.87. The van der Waals surface area contributed by atoms with Crippen LogP contribution < -0.4 is 10.2 Å². The van der Waals surface area contributed by atoms with E-state index in [0.717, 1.165) is 37.3 Å². The molecule has 0 fully saturated rings. The van der Waals surface area contributed by atoms with Gasteiger partial charge in [-0.1, -0.05) is 38.0 Å². The lowest BCUT2D eigenvalue weighted by Gasteiger charge is -2.18. The van der Waals surface area contributed by atoms with Gasteiger partial charge < -0.3 is 10.2 Å². The molecule has 0 saturated heterocycles. The Labute approximate surface area is 132 Å². The minimum atomic E-state index is -0.0405. The number of nitrogens with zero attached hydrogens (tertiary/aromatic N) is 2. The molecule has 1 aromatic carbocycles. The van der Waals surface area contributed by atoms with Gasteiger partial charge in [-0.15, -0.1) is 0 Å². The number of amides is 1. The highest BCUT2D eigenvalue weighted by Crippen LogP contribution is 2.21. The number of aromatic nitrogens is 1. The number of nitrogens with one attached hydrogen (secondary N) is 1. The minimum absolute atomic E-state index is 0.0405. The number of benzene rings is 1. The Morgan fingerprint density at radius 1 is 1.18 bits per heavy atom. The molecule has 1 aromatic heterocycles. The van der Waals surface area contributed by atoms with Gasteiger partial charge in [-0.25, -0.2) is 4.98 Å².